The molecule has 0 spiro atoms. The van der Waals surface area contributed by atoms with Crippen LogP contribution >= 0.6 is 24.0 Å². The number of halogens is 1. The van der Waals surface area contributed by atoms with Crippen molar-refractivity contribution in [3.05, 3.63) is 53.6 Å². The fraction of sp³-hybridized carbons (Fsp3) is 0.381. The van der Waals surface area contributed by atoms with Crippen LogP contribution < -0.4 is 24.8 Å². The Morgan fingerprint density at radius 1 is 1.21 bits per heavy atom. The van der Waals surface area contributed by atoms with E-state index in [1.807, 2.05) is 30.3 Å². The zero-order valence-electron chi connectivity index (χ0n) is 16.5. The van der Waals surface area contributed by atoms with Crippen molar-refractivity contribution in [2.24, 2.45) is 4.99 Å². The largest absolute Gasteiger partial charge is 0.496 e. The number of nitrogens with one attached hydrogen (secondary N) is 2. The Labute approximate surface area is 183 Å². The molecule has 1 heterocycles. The van der Waals surface area contributed by atoms with E-state index in [1.54, 1.807) is 14.2 Å². The molecule has 6 nitrogen and oxygen atoms in total. The first kappa shape index (κ1) is 22.1. The Bertz CT molecular complexity index is 784. The van der Waals surface area contributed by atoms with Gasteiger partial charge in [-0.15, -0.1) is 24.0 Å². The molecule has 1 aliphatic rings. The fourth-order valence-electron chi connectivity index (χ4n) is 3.06. The number of nitrogens with zero attached hydrogens (tertiary/aromatic N) is 1. The summed E-state index contributed by atoms with van der Waals surface area (Å²) >= 11 is 0. The van der Waals surface area contributed by atoms with Crippen molar-refractivity contribution in [3.8, 4) is 17.2 Å². The summed E-state index contributed by atoms with van der Waals surface area (Å²) in [5.74, 6) is 3.38. The Kier molecular flexibility index (Phi) is 8.69. The minimum absolute atomic E-state index is 0. The van der Waals surface area contributed by atoms with E-state index in [-0.39, 0.29) is 30.1 Å². The zero-order valence-corrected chi connectivity index (χ0v) is 18.9. The van der Waals surface area contributed by atoms with Gasteiger partial charge in [-0.2, -0.15) is 0 Å². The number of hydrogen-bond donors (Lipinski definition) is 2. The van der Waals surface area contributed by atoms with Crippen LogP contribution in [0.15, 0.2) is 47.5 Å². The number of aliphatic imine (C=N–C) groups is 1. The number of guanidine groups is 1. The fourth-order valence-corrected chi connectivity index (χ4v) is 3.06. The van der Waals surface area contributed by atoms with Crippen LogP contribution in [0.25, 0.3) is 0 Å². The first-order valence-corrected chi connectivity index (χ1v) is 9.18. The van der Waals surface area contributed by atoms with E-state index in [0.29, 0.717) is 25.7 Å². The number of hydrogen-bond acceptors (Lipinski definition) is 4. The standard InChI is InChI=1S/C21H27N3O3.HI/c1-15-11-16-12-19(25-3)17(13-20(16)27-15)14-24-21(22-2)23-9-10-26-18-7-5-4-6-8-18;/h4-8,12-13,15H,9-11,14H2,1-3H3,(H2,22,23,24);1H. The predicted molar refractivity (Wildman–Crippen MR) is 122 cm³/mol. The highest BCUT2D eigenvalue weighted by molar-refractivity contribution is 14.0. The summed E-state index contributed by atoms with van der Waals surface area (Å²) in [5, 5.41) is 6.56. The van der Waals surface area contributed by atoms with Crippen LogP contribution in [0.2, 0.25) is 0 Å². The molecule has 3 rings (SSSR count). The number of para-hydroxylation sites is 1. The van der Waals surface area contributed by atoms with Gasteiger partial charge >= 0.3 is 0 Å². The maximum atomic E-state index is 5.86. The first-order valence-electron chi connectivity index (χ1n) is 9.18. The van der Waals surface area contributed by atoms with Gasteiger partial charge in [-0.1, -0.05) is 18.2 Å². The molecule has 0 bridgehead atoms. The van der Waals surface area contributed by atoms with Crippen molar-refractivity contribution < 1.29 is 14.2 Å². The van der Waals surface area contributed by atoms with Crippen LogP contribution in [0.1, 0.15) is 18.1 Å². The van der Waals surface area contributed by atoms with Gasteiger partial charge in [-0.05, 0) is 31.2 Å². The average Bonchev–Trinajstić information content (AvgIpc) is 3.06. The predicted octanol–water partition coefficient (Wildman–Crippen LogP) is 3.38. The van der Waals surface area contributed by atoms with Gasteiger partial charge in [-0.3, -0.25) is 4.99 Å². The summed E-state index contributed by atoms with van der Waals surface area (Å²) in [6, 6.07) is 13.9. The number of rotatable bonds is 7. The molecular weight excluding hydrogens is 469 g/mol. The lowest BCUT2D eigenvalue weighted by atomic mass is 10.1. The minimum Gasteiger partial charge on any atom is -0.496 e. The smallest absolute Gasteiger partial charge is 0.191 e. The third-order valence-corrected chi connectivity index (χ3v) is 4.38. The highest BCUT2D eigenvalue weighted by atomic mass is 127. The number of methoxy groups -OCH3 is 1. The SMILES string of the molecule is CN=C(NCCOc1ccccc1)NCc1cc2c(cc1OC)CC(C)O2.I. The lowest BCUT2D eigenvalue weighted by Crippen LogP contribution is -2.38. The average molecular weight is 497 g/mol. The zero-order chi connectivity index (χ0) is 19.1. The maximum absolute atomic E-state index is 5.86. The van der Waals surface area contributed by atoms with Gasteiger partial charge in [0.1, 0.15) is 30.0 Å². The molecule has 0 aromatic heterocycles. The van der Waals surface area contributed by atoms with Crippen LogP contribution in [0, 0.1) is 0 Å². The van der Waals surface area contributed by atoms with E-state index in [1.165, 1.54) is 5.56 Å². The Morgan fingerprint density at radius 3 is 2.71 bits per heavy atom. The van der Waals surface area contributed by atoms with E-state index in [2.05, 4.69) is 34.7 Å². The van der Waals surface area contributed by atoms with Gasteiger partial charge < -0.3 is 24.8 Å². The molecule has 2 aromatic carbocycles. The van der Waals surface area contributed by atoms with Gasteiger partial charge in [-0.25, -0.2) is 0 Å². The Hall–Kier alpha value is -2.16. The highest BCUT2D eigenvalue weighted by Crippen LogP contribution is 2.34. The normalized spacial score (nSPS) is 15.1. The molecule has 2 aromatic rings. The van der Waals surface area contributed by atoms with Crippen molar-refractivity contribution in [3.63, 3.8) is 0 Å². The van der Waals surface area contributed by atoms with Crippen LogP contribution in [0.4, 0.5) is 0 Å². The summed E-state index contributed by atoms with van der Waals surface area (Å²) in [6.45, 7) is 3.87. The van der Waals surface area contributed by atoms with E-state index in [4.69, 9.17) is 14.2 Å². The summed E-state index contributed by atoms with van der Waals surface area (Å²) < 4.78 is 17.1. The molecule has 7 heteroatoms. The van der Waals surface area contributed by atoms with Crippen molar-refractivity contribution in [2.75, 3.05) is 27.3 Å². The third kappa shape index (κ3) is 5.92. The van der Waals surface area contributed by atoms with Gasteiger partial charge in [0.2, 0.25) is 0 Å². The number of ether oxygens (including phenoxy) is 3. The van der Waals surface area contributed by atoms with Gasteiger partial charge in [0.15, 0.2) is 5.96 Å². The molecule has 0 amide bonds. The highest BCUT2D eigenvalue weighted by Gasteiger charge is 2.21. The molecule has 152 valence electrons. The molecule has 1 atom stereocenters. The molecule has 0 fully saturated rings. The van der Waals surface area contributed by atoms with E-state index in [9.17, 15) is 0 Å². The number of fused-ring (bicyclic) bond motifs is 1. The van der Waals surface area contributed by atoms with Crippen molar-refractivity contribution in [1.82, 2.24) is 10.6 Å². The van der Waals surface area contributed by atoms with Crippen molar-refractivity contribution in [2.45, 2.75) is 26.0 Å². The molecule has 0 aliphatic carbocycles. The molecule has 0 saturated carbocycles. The van der Waals surface area contributed by atoms with Crippen LogP contribution in [0.5, 0.6) is 17.2 Å². The summed E-state index contributed by atoms with van der Waals surface area (Å²) in [5.41, 5.74) is 2.23. The molecule has 2 N–H and O–H groups in total. The van der Waals surface area contributed by atoms with Gasteiger partial charge in [0, 0.05) is 31.1 Å². The minimum atomic E-state index is 0. The van der Waals surface area contributed by atoms with Gasteiger partial charge in [0.05, 0.1) is 13.7 Å². The van der Waals surface area contributed by atoms with E-state index in [0.717, 1.165) is 29.2 Å². The van der Waals surface area contributed by atoms with Crippen molar-refractivity contribution in [1.29, 1.82) is 0 Å². The second kappa shape index (κ2) is 11.0. The lowest BCUT2D eigenvalue weighted by molar-refractivity contribution is 0.254. The lowest BCUT2D eigenvalue weighted by Gasteiger charge is -2.15. The first-order chi connectivity index (χ1) is 13.2. The monoisotopic (exact) mass is 497 g/mol. The number of benzene rings is 2. The van der Waals surface area contributed by atoms with Crippen LogP contribution in [-0.2, 0) is 13.0 Å². The van der Waals surface area contributed by atoms with E-state index >= 15 is 0 Å². The van der Waals surface area contributed by atoms with Crippen LogP contribution in [-0.4, -0.2) is 39.4 Å². The third-order valence-electron chi connectivity index (χ3n) is 4.38. The van der Waals surface area contributed by atoms with Crippen molar-refractivity contribution >= 4 is 29.9 Å². The molecule has 28 heavy (non-hydrogen) atoms. The summed E-state index contributed by atoms with van der Waals surface area (Å²) in [4.78, 5) is 4.25. The topological polar surface area (TPSA) is 64.1 Å². The second-order valence-electron chi connectivity index (χ2n) is 6.42. The molecule has 0 saturated heterocycles. The molecule has 1 unspecified atom stereocenters. The van der Waals surface area contributed by atoms with Gasteiger partial charge in [0.25, 0.3) is 0 Å². The quantitative estimate of drug-likeness (QED) is 0.266. The molecule has 0 radical (unpaired) electrons. The molecular formula is C21H28IN3O3. The Balaban J connectivity index is 0.00000280. The van der Waals surface area contributed by atoms with Crippen LogP contribution in [0.3, 0.4) is 0 Å². The second-order valence-corrected chi connectivity index (χ2v) is 6.42. The maximum Gasteiger partial charge on any atom is 0.191 e. The molecule has 1 aliphatic heterocycles. The summed E-state index contributed by atoms with van der Waals surface area (Å²) in [6.07, 6.45) is 1.14. The summed E-state index contributed by atoms with van der Waals surface area (Å²) in [7, 11) is 3.44. The Morgan fingerprint density at radius 2 is 2.00 bits per heavy atom. The van der Waals surface area contributed by atoms with E-state index < -0.39 is 0 Å².